The highest BCUT2D eigenvalue weighted by atomic mass is 28.4. The highest BCUT2D eigenvalue weighted by Gasteiger charge is 2.33. The summed E-state index contributed by atoms with van der Waals surface area (Å²) in [4.78, 5) is 0. The van der Waals surface area contributed by atoms with Crippen molar-refractivity contribution in [1.82, 2.24) is 0 Å². The van der Waals surface area contributed by atoms with Crippen LogP contribution in [0.3, 0.4) is 0 Å². The molecule has 0 bridgehead atoms. The molecular weight excluding hydrogens is 250 g/mol. The van der Waals surface area contributed by atoms with Gasteiger partial charge in [-0.3, -0.25) is 0 Å². The van der Waals surface area contributed by atoms with Gasteiger partial charge in [0.05, 0.1) is 0 Å². The molecule has 0 spiro atoms. The van der Waals surface area contributed by atoms with Crippen LogP contribution in [-0.4, -0.2) is 8.32 Å². The Hall–Kier alpha value is -1.63. The van der Waals surface area contributed by atoms with Crippen LogP contribution in [0.4, 0.5) is 0 Å². The van der Waals surface area contributed by atoms with Crippen molar-refractivity contribution >= 4 is 19.1 Å². The molecule has 2 aromatic rings. The van der Waals surface area contributed by atoms with Crippen LogP contribution in [0, 0.1) is 11.3 Å². The normalized spacial score (nSPS) is 14.9. The second kappa shape index (κ2) is 4.80. The molecule has 19 heavy (non-hydrogen) atoms. The summed E-state index contributed by atoms with van der Waals surface area (Å²) in [5, 5.41) is 11.8. The Balaban J connectivity index is 2.49. The highest BCUT2D eigenvalue weighted by molar-refractivity contribution is 6.69. The molecule has 2 nitrogen and oxygen atoms in total. The summed E-state index contributed by atoms with van der Waals surface area (Å²) >= 11 is 0. The molecule has 2 rings (SSSR count). The Kier molecular flexibility index (Phi) is 3.49. The average molecular weight is 269 g/mol. The molecule has 2 aromatic carbocycles. The molecule has 0 aliphatic rings. The van der Waals surface area contributed by atoms with Crippen LogP contribution in [0.5, 0.6) is 0 Å². The van der Waals surface area contributed by atoms with E-state index in [1.54, 1.807) is 0 Å². The summed E-state index contributed by atoms with van der Waals surface area (Å²) in [6.45, 7) is 8.16. The summed E-state index contributed by atoms with van der Waals surface area (Å²) in [5.41, 5.74) is 0.0604. The average Bonchev–Trinajstić information content (AvgIpc) is 2.36. The van der Waals surface area contributed by atoms with Crippen molar-refractivity contribution in [2.24, 2.45) is 0 Å². The Morgan fingerprint density at radius 3 is 2.26 bits per heavy atom. The van der Waals surface area contributed by atoms with Crippen LogP contribution in [-0.2, 0) is 10.0 Å². The van der Waals surface area contributed by atoms with Crippen molar-refractivity contribution in [2.45, 2.75) is 32.2 Å². The molecule has 0 amide bonds. The van der Waals surface area contributed by atoms with E-state index in [4.69, 9.17) is 4.43 Å². The van der Waals surface area contributed by atoms with Crippen LogP contribution in [0.15, 0.2) is 42.5 Å². The van der Waals surface area contributed by atoms with E-state index in [0.717, 1.165) is 10.9 Å². The third-order valence-electron chi connectivity index (χ3n) is 3.02. The second-order valence-corrected chi connectivity index (χ2v) is 10.4. The fourth-order valence-electron chi connectivity index (χ4n) is 2.24. The van der Waals surface area contributed by atoms with Gasteiger partial charge in [-0.25, -0.2) is 0 Å². The molecule has 98 valence electrons. The van der Waals surface area contributed by atoms with Gasteiger partial charge in [0.2, 0.25) is 0 Å². The van der Waals surface area contributed by atoms with E-state index in [-0.39, 0.29) is 0 Å². The molecule has 0 aliphatic carbocycles. The molecule has 0 N–H and O–H groups in total. The smallest absolute Gasteiger partial charge is 0.186 e. The molecule has 0 aliphatic heterocycles. The van der Waals surface area contributed by atoms with Crippen molar-refractivity contribution in [3.8, 4) is 6.07 Å². The van der Waals surface area contributed by atoms with Gasteiger partial charge in [0, 0.05) is 0 Å². The van der Waals surface area contributed by atoms with Crippen LogP contribution in [0.25, 0.3) is 10.8 Å². The van der Waals surface area contributed by atoms with Gasteiger partial charge in [0.1, 0.15) is 6.07 Å². The fraction of sp³-hybridized carbons (Fsp3) is 0.312. The number of hydrogen-bond acceptors (Lipinski definition) is 2. The third kappa shape index (κ3) is 3.03. The predicted octanol–water partition coefficient (Wildman–Crippen LogP) is 4.43. The number of rotatable bonds is 3. The van der Waals surface area contributed by atoms with Crippen LogP contribution < -0.4 is 0 Å². The summed E-state index contributed by atoms with van der Waals surface area (Å²) in [6, 6.07) is 16.6. The first-order valence-electron chi connectivity index (χ1n) is 6.45. The van der Waals surface area contributed by atoms with Gasteiger partial charge in [-0.15, -0.1) is 0 Å². The van der Waals surface area contributed by atoms with Gasteiger partial charge >= 0.3 is 0 Å². The van der Waals surface area contributed by atoms with Crippen molar-refractivity contribution in [3.05, 3.63) is 48.0 Å². The molecule has 3 heteroatoms. The van der Waals surface area contributed by atoms with Crippen LogP contribution in [0.2, 0.25) is 19.6 Å². The third-order valence-corrected chi connectivity index (χ3v) is 4.04. The van der Waals surface area contributed by atoms with Gasteiger partial charge in [-0.1, -0.05) is 36.4 Å². The largest absolute Gasteiger partial charge is 0.397 e. The van der Waals surface area contributed by atoms with Gasteiger partial charge in [0.25, 0.3) is 0 Å². The van der Waals surface area contributed by atoms with Crippen LogP contribution in [0.1, 0.15) is 12.5 Å². The lowest BCUT2D eigenvalue weighted by Gasteiger charge is -2.31. The van der Waals surface area contributed by atoms with Crippen molar-refractivity contribution < 1.29 is 4.43 Å². The van der Waals surface area contributed by atoms with E-state index in [2.05, 4.69) is 43.9 Å². The molecule has 0 radical (unpaired) electrons. The Morgan fingerprint density at radius 1 is 1.05 bits per heavy atom. The number of nitrogens with zero attached hydrogens (tertiary/aromatic N) is 1. The van der Waals surface area contributed by atoms with Crippen molar-refractivity contribution in [2.75, 3.05) is 0 Å². The minimum atomic E-state index is -1.79. The molecule has 0 fully saturated rings. The Bertz CT molecular complexity index is 639. The van der Waals surface area contributed by atoms with Crippen molar-refractivity contribution in [1.29, 1.82) is 5.26 Å². The maximum atomic E-state index is 9.52. The highest BCUT2D eigenvalue weighted by Crippen LogP contribution is 2.30. The maximum Gasteiger partial charge on any atom is 0.186 e. The lowest BCUT2D eigenvalue weighted by Crippen LogP contribution is -2.37. The van der Waals surface area contributed by atoms with Gasteiger partial charge in [0.15, 0.2) is 13.9 Å². The lowest BCUT2D eigenvalue weighted by molar-refractivity contribution is 0.141. The quantitative estimate of drug-likeness (QED) is 0.772. The molecule has 1 atom stereocenters. The zero-order valence-corrected chi connectivity index (χ0v) is 12.9. The number of hydrogen-bond donors (Lipinski definition) is 0. The standard InChI is InChI=1S/C16H19NOSi/c1-16(12-17,18-19(2,3)4)15-10-9-13-7-5-6-8-14(13)11-15/h5-11H,1-4H3. The Morgan fingerprint density at radius 2 is 1.68 bits per heavy atom. The first kappa shape index (κ1) is 13.8. The lowest BCUT2D eigenvalue weighted by atomic mass is 9.95. The maximum absolute atomic E-state index is 9.52. The first-order valence-corrected chi connectivity index (χ1v) is 9.86. The summed E-state index contributed by atoms with van der Waals surface area (Å²) in [7, 11) is -1.79. The van der Waals surface area contributed by atoms with E-state index in [0.29, 0.717) is 0 Å². The zero-order valence-electron chi connectivity index (χ0n) is 11.9. The van der Waals surface area contributed by atoms with Gasteiger partial charge in [-0.2, -0.15) is 5.26 Å². The summed E-state index contributed by atoms with van der Waals surface area (Å²) in [6.07, 6.45) is 0. The Labute approximate surface area is 115 Å². The van der Waals surface area contributed by atoms with Gasteiger partial charge in [-0.05, 0) is 49.0 Å². The minimum Gasteiger partial charge on any atom is -0.397 e. The molecule has 1 unspecified atom stereocenters. The predicted molar refractivity (Wildman–Crippen MR) is 81.3 cm³/mol. The monoisotopic (exact) mass is 269 g/mol. The summed E-state index contributed by atoms with van der Waals surface area (Å²) < 4.78 is 6.09. The molecule has 0 aromatic heterocycles. The van der Waals surface area contributed by atoms with E-state index in [9.17, 15) is 5.26 Å². The first-order chi connectivity index (χ1) is 8.84. The molecular formula is C16H19NOSi. The van der Waals surface area contributed by atoms with Gasteiger partial charge < -0.3 is 4.43 Å². The van der Waals surface area contributed by atoms with Crippen LogP contribution >= 0.6 is 0 Å². The minimum absolute atomic E-state index is 0.867. The SMILES string of the molecule is CC(C#N)(O[Si](C)(C)C)c1ccc2ccccc2c1. The number of fused-ring (bicyclic) bond motifs is 1. The van der Waals surface area contributed by atoms with E-state index in [1.807, 2.05) is 31.2 Å². The molecule has 0 heterocycles. The van der Waals surface area contributed by atoms with E-state index >= 15 is 0 Å². The van der Waals surface area contributed by atoms with Crippen molar-refractivity contribution in [3.63, 3.8) is 0 Å². The second-order valence-electron chi connectivity index (χ2n) is 5.92. The fourth-order valence-corrected chi connectivity index (χ4v) is 3.63. The number of nitriles is 1. The zero-order chi connectivity index (χ0) is 14.1. The van der Waals surface area contributed by atoms with E-state index < -0.39 is 13.9 Å². The topological polar surface area (TPSA) is 33.0 Å². The molecule has 0 saturated carbocycles. The number of benzene rings is 2. The van der Waals surface area contributed by atoms with E-state index in [1.165, 1.54) is 5.39 Å². The molecule has 0 saturated heterocycles. The summed E-state index contributed by atoms with van der Waals surface area (Å²) in [5.74, 6) is 0.